The molecule has 25 heavy (non-hydrogen) atoms. The van der Waals surface area contributed by atoms with Crippen molar-refractivity contribution in [2.24, 2.45) is 0 Å². The molecule has 0 radical (unpaired) electrons. The van der Waals surface area contributed by atoms with Crippen molar-refractivity contribution in [1.82, 2.24) is 9.97 Å². The summed E-state index contributed by atoms with van der Waals surface area (Å²) < 4.78 is 5.33. The van der Waals surface area contributed by atoms with Gasteiger partial charge in [-0.1, -0.05) is 48.5 Å². The van der Waals surface area contributed by atoms with E-state index >= 15 is 0 Å². The largest absolute Gasteiger partial charge is 0.388 e. The van der Waals surface area contributed by atoms with Gasteiger partial charge >= 0.3 is 0 Å². The van der Waals surface area contributed by atoms with Crippen molar-refractivity contribution in [3.05, 3.63) is 54.6 Å². The van der Waals surface area contributed by atoms with Gasteiger partial charge in [-0.15, -0.1) is 0 Å². The number of para-hydroxylation sites is 1. The van der Waals surface area contributed by atoms with Gasteiger partial charge in [-0.3, -0.25) is 0 Å². The molecule has 2 N–H and O–H groups in total. The molecule has 1 saturated heterocycles. The molecule has 5 heteroatoms. The molecule has 2 aromatic carbocycles. The summed E-state index contributed by atoms with van der Waals surface area (Å²) in [7, 11) is 0. The molecule has 1 aliphatic heterocycles. The smallest absolute Gasteiger partial charge is 0.223 e. The first-order chi connectivity index (χ1) is 12.2. The Bertz CT molecular complexity index is 861. The van der Waals surface area contributed by atoms with Gasteiger partial charge in [0.15, 0.2) is 0 Å². The summed E-state index contributed by atoms with van der Waals surface area (Å²) in [5, 5.41) is 14.9. The van der Waals surface area contributed by atoms with E-state index in [0.29, 0.717) is 38.5 Å². The highest BCUT2D eigenvalue weighted by Gasteiger charge is 2.29. The molecule has 0 atom stereocenters. The lowest BCUT2D eigenvalue weighted by Gasteiger charge is -2.32. The van der Waals surface area contributed by atoms with Crippen molar-refractivity contribution in [2.75, 3.05) is 25.1 Å². The van der Waals surface area contributed by atoms with Gasteiger partial charge in [0.2, 0.25) is 5.95 Å². The molecular weight excluding hydrogens is 314 g/mol. The molecule has 0 saturated carbocycles. The fourth-order valence-electron chi connectivity index (χ4n) is 3.14. The topological polar surface area (TPSA) is 67.3 Å². The standard InChI is InChI=1S/C20H21N3O2/c24-20(10-12-25-13-11-20)14-21-19-22-17-9-5-4-8-16(17)18(23-19)15-6-2-1-3-7-15/h1-9,24H,10-14H2,(H,21,22,23). The third-order valence-corrected chi connectivity index (χ3v) is 4.65. The first-order valence-electron chi connectivity index (χ1n) is 8.60. The quantitative estimate of drug-likeness (QED) is 0.766. The minimum atomic E-state index is -0.764. The molecule has 0 bridgehead atoms. The zero-order valence-corrected chi connectivity index (χ0v) is 14.0. The summed E-state index contributed by atoms with van der Waals surface area (Å²) in [5.41, 5.74) is 2.07. The Hall–Kier alpha value is -2.50. The van der Waals surface area contributed by atoms with Crippen LogP contribution in [0.2, 0.25) is 0 Å². The second kappa shape index (κ2) is 6.78. The number of benzene rings is 2. The third kappa shape index (κ3) is 3.48. The van der Waals surface area contributed by atoms with E-state index in [2.05, 4.69) is 10.3 Å². The first kappa shape index (κ1) is 16.0. The number of aromatic nitrogens is 2. The number of rotatable bonds is 4. The summed E-state index contributed by atoms with van der Waals surface area (Å²) >= 11 is 0. The number of nitrogens with one attached hydrogen (secondary N) is 1. The molecule has 2 heterocycles. The molecule has 0 spiro atoms. The van der Waals surface area contributed by atoms with Crippen molar-refractivity contribution >= 4 is 16.9 Å². The predicted molar refractivity (Wildman–Crippen MR) is 98.5 cm³/mol. The molecule has 5 nitrogen and oxygen atoms in total. The molecule has 3 aromatic rings. The van der Waals surface area contributed by atoms with Crippen LogP contribution < -0.4 is 5.32 Å². The van der Waals surface area contributed by atoms with E-state index in [1.807, 2.05) is 54.6 Å². The Labute approximate surface area is 146 Å². The molecular formula is C20H21N3O2. The van der Waals surface area contributed by atoms with Crippen LogP contribution in [0.15, 0.2) is 54.6 Å². The van der Waals surface area contributed by atoms with Crippen molar-refractivity contribution < 1.29 is 9.84 Å². The third-order valence-electron chi connectivity index (χ3n) is 4.65. The summed E-state index contributed by atoms with van der Waals surface area (Å²) in [4.78, 5) is 9.33. The number of hydrogen-bond donors (Lipinski definition) is 2. The highest BCUT2D eigenvalue weighted by molar-refractivity contribution is 5.93. The van der Waals surface area contributed by atoms with Crippen molar-refractivity contribution in [3.8, 4) is 11.3 Å². The number of anilines is 1. The second-order valence-corrected chi connectivity index (χ2v) is 6.47. The van der Waals surface area contributed by atoms with Gasteiger partial charge in [0, 0.05) is 43.5 Å². The van der Waals surface area contributed by atoms with Crippen LogP contribution in [0, 0.1) is 0 Å². The number of nitrogens with zero attached hydrogens (tertiary/aromatic N) is 2. The minimum absolute atomic E-state index is 0.420. The van der Waals surface area contributed by atoms with Crippen LogP contribution in [-0.2, 0) is 4.74 Å². The van der Waals surface area contributed by atoms with Crippen LogP contribution in [0.5, 0.6) is 0 Å². The number of hydrogen-bond acceptors (Lipinski definition) is 5. The van der Waals surface area contributed by atoms with Crippen LogP contribution in [0.4, 0.5) is 5.95 Å². The van der Waals surface area contributed by atoms with Crippen LogP contribution in [0.25, 0.3) is 22.2 Å². The van der Waals surface area contributed by atoms with E-state index in [1.165, 1.54) is 0 Å². The highest BCUT2D eigenvalue weighted by atomic mass is 16.5. The molecule has 128 valence electrons. The lowest BCUT2D eigenvalue weighted by Crippen LogP contribution is -2.42. The zero-order valence-electron chi connectivity index (χ0n) is 14.0. The van der Waals surface area contributed by atoms with Crippen molar-refractivity contribution in [1.29, 1.82) is 0 Å². The molecule has 4 rings (SSSR count). The molecule has 0 aliphatic carbocycles. The summed E-state index contributed by atoms with van der Waals surface area (Å²) in [5.74, 6) is 0.539. The Morgan fingerprint density at radius 2 is 1.68 bits per heavy atom. The van der Waals surface area contributed by atoms with Gasteiger partial charge < -0.3 is 15.2 Å². The van der Waals surface area contributed by atoms with Crippen LogP contribution in [0.3, 0.4) is 0 Å². The van der Waals surface area contributed by atoms with Crippen LogP contribution in [-0.4, -0.2) is 40.4 Å². The van der Waals surface area contributed by atoms with Crippen LogP contribution in [0.1, 0.15) is 12.8 Å². The van der Waals surface area contributed by atoms with E-state index in [0.717, 1.165) is 22.2 Å². The normalized spacial score (nSPS) is 16.7. The van der Waals surface area contributed by atoms with E-state index < -0.39 is 5.60 Å². The molecule has 0 unspecified atom stereocenters. The Morgan fingerprint density at radius 3 is 2.48 bits per heavy atom. The number of ether oxygens (including phenoxy) is 1. The Balaban J connectivity index is 1.68. The van der Waals surface area contributed by atoms with Gasteiger partial charge in [-0.05, 0) is 6.07 Å². The van der Waals surface area contributed by atoms with E-state index in [9.17, 15) is 5.11 Å². The Kier molecular flexibility index (Phi) is 4.34. The van der Waals surface area contributed by atoms with Crippen molar-refractivity contribution in [2.45, 2.75) is 18.4 Å². The zero-order chi connectivity index (χ0) is 17.1. The highest BCUT2D eigenvalue weighted by Crippen LogP contribution is 2.27. The van der Waals surface area contributed by atoms with Crippen LogP contribution >= 0.6 is 0 Å². The SMILES string of the molecule is OC1(CNc2nc(-c3ccccc3)c3ccccc3n2)CCOCC1. The van der Waals surface area contributed by atoms with Gasteiger partial charge in [0.05, 0.1) is 16.8 Å². The minimum Gasteiger partial charge on any atom is -0.388 e. The van der Waals surface area contributed by atoms with E-state index in [4.69, 9.17) is 9.72 Å². The van der Waals surface area contributed by atoms with E-state index in [1.54, 1.807) is 0 Å². The lowest BCUT2D eigenvalue weighted by molar-refractivity contribution is -0.0544. The lowest BCUT2D eigenvalue weighted by atomic mass is 9.94. The van der Waals surface area contributed by atoms with Gasteiger partial charge in [-0.2, -0.15) is 0 Å². The average molecular weight is 335 g/mol. The first-order valence-corrected chi connectivity index (χ1v) is 8.60. The Morgan fingerprint density at radius 1 is 0.960 bits per heavy atom. The fraction of sp³-hybridized carbons (Fsp3) is 0.300. The molecule has 1 aromatic heterocycles. The van der Waals surface area contributed by atoms with E-state index in [-0.39, 0.29) is 0 Å². The summed E-state index contributed by atoms with van der Waals surface area (Å²) in [6, 6.07) is 18.1. The second-order valence-electron chi connectivity index (χ2n) is 6.47. The number of aliphatic hydroxyl groups is 1. The van der Waals surface area contributed by atoms with Gasteiger partial charge in [0.25, 0.3) is 0 Å². The van der Waals surface area contributed by atoms with Gasteiger partial charge in [-0.25, -0.2) is 9.97 Å². The predicted octanol–water partition coefficient (Wildman–Crippen LogP) is 3.25. The average Bonchev–Trinajstić information content (AvgIpc) is 2.67. The maximum atomic E-state index is 10.6. The fourth-order valence-corrected chi connectivity index (χ4v) is 3.14. The maximum Gasteiger partial charge on any atom is 0.223 e. The molecule has 1 aliphatic rings. The van der Waals surface area contributed by atoms with Crippen molar-refractivity contribution in [3.63, 3.8) is 0 Å². The maximum absolute atomic E-state index is 10.6. The summed E-state index contributed by atoms with van der Waals surface area (Å²) in [6.07, 6.45) is 1.25. The van der Waals surface area contributed by atoms with Gasteiger partial charge in [0.1, 0.15) is 0 Å². The number of fused-ring (bicyclic) bond motifs is 1. The molecule has 0 amide bonds. The monoisotopic (exact) mass is 335 g/mol. The summed E-state index contributed by atoms with van der Waals surface area (Å²) in [6.45, 7) is 1.60. The molecule has 1 fully saturated rings.